The number of piperazine rings is 1. The lowest BCUT2D eigenvalue weighted by Gasteiger charge is -2.46. The number of nitrogens with zero attached hydrogens (tertiary/aromatic N) is 3. The Balaban J connectivity index is 1.94. The molecule has 0 aliphatic carbocycles. The van der Waals surface area contributed by atoms with Crippen molar-refractivity contribution in [1.29, 1.82) is 0 Å². The second-order valence-electron chi connectivity index (χ2n) is 5.63. The number of alkyl halides is 3. The largest absolute Gasteiger partial charge is 0.417 e. The van der Waals surface area contributed by atoms with E-state index >= 15 is 0 Å². The van der Waals surface area contributed by atoms with Crippen LogP contribution in [0.5, 0.6) is 0 Å². The highest BCUT2D eigenvalue weighted by Gasteiger charge is 2.39. The van der Waals surface area contributed by atoms with Gasteiger partial charge in [0.15, 0.2) is 0 Å². The average Bonchev–Trinajstić information content (AvgIpc) is 2.45. The summed E-state index contributed by atoms with van der Waals surface area (Å²) in [6.07, 6.45) is -4.00. The van der Waals surface area contributed by atoms with Gasteiger partial charge in [0.25, 0.3) is 0 Å². The molecule has 0 bridgehead atoms. The van der Waals surface area contributed by atoms with Crippen LogP contribution in [0.2, 0.25) is 0 Å². The van der Waals surface area contributed by atoms with Gasteiger partial charge in [-0.2, -0.15) is 13.2 Å². The summed E-state index contributed by atoms with van der Waals surface area (Å²) >= 11 is 0. The van der Waals surface area contributed by atoms with Crippen LogP contribution in [0.3, 0.4) is 0 Å². The number of hydrogen-bond donors (Lipinski definition) is 1. The topological polar surface area (TPSA) is 39.6 Å². The third-order valence-corrected chi connectivity index (χ3v) is 4.36. The van der Waals surface area contributed by atoms with Crippen LogP contribution in [0.15, 0.2) is 12.3 Å². The van der Waals surface area contributed by atoms with Gasteiger partial charge in [-0.3, -0.25) is 4.90 Å². The average molecular weight is 301 g/mol. The van der Waals surface area contributed by atoms with Gasteiger partial charge in [0.1, 0.15) is 5.82 Å². The summed E-state index contributed by atoms with van der Waals surface area (Å²) in [5.41, 5.74) is -0.503. The molecule has 0 unspecified atom stereocenters. The zero-order valence-corrected chi connectivity index (χ0v) is 11.8. The van der Waals surface area contributed by atoms with Crippen molar-refractivity contribution in [1.82, 2.24) is 9.88 Å². The zero-order valence-electron chi connectivity index (χ0n) is 11.8. The second kappa shape index (κ2) is 5.14. The molecule has 0 spiro atoms. The van der Waals surface area contributed by atoms with Crippen LogP contribution in [0.25, 0.3) is 0 Å². The van der Waals surface area contributed by atoms with Crippen LogP contribution in [0.1, 0.15) is 30.6 Å². The first-order valence-corrected chi connectivity index (χ1v) is 7.14. The van der Waals surface area contributed by atoms with Gasteiger partial charge >= 0.3 is 6.18 Å². The van der Waals surface area contributed by atoms with Crippen molar-refractivity contribution in [3.63, 3.8) is 0 Å². The van der Waals surface area contributed by atoms with Crippen molar-refractivity contribution in [2.24, 2.45) is 0 Å². The van der Waals surface area contributed by atoms with E-state index in [1.807, 2.05) is 4.90 Å². The van der Waals surface area contributed by atoms with E-state index in [9.17, 15) is 18.3 Å². The molecule has 0 aromatic carbocycles. The standard InChI is InChI=1S/C14H18F3N3O/c1-2-19-3-4-20-10(8-19)6-12(21)11-5-9(14(15,16)17)7-18-13(11)20/h5,7,10,12,21H,2-4,6,8H2,1H3/t10-,12+/m0/s1. The summed E-state index contributed by atoms with van der Waals surface area (Å²) in [5.74, 6) is 0.502. The normalized spacial score (nSPS) is 26.4. The molecule has 1 fully saturated rings. The third-order valence-electron chi connectivity index (χ3n) is 4.36. The van der Waals surface area contributed by atoms with Crippen LogP contribution in [0, 0.1) is 0 Å². The fraction of sp³-hybridized carbons (Fsp3) is 0.643. The van der Waals surface area contributed by atoms with Crippen LogP contribution in [-0.2, 0) is 6.18 Å². The summed E-state index contributed by atoms with van der Waals surface area (Å²) in [7, 11) is 0. The van der Waals surface area contributed by atoms with E-state index in [0.29, 0.717) is 17.8 Å². The van der Waals surface area contributed by atoms with Crippen molar-refractivity contribution in [2.75, 3.05) is 31.1 Å². The molecule has 2 aliphatic rings. The van der Waals surface area contributed by atoms with Gasteiger partial charge in [-0.25, -0.2) is 4.98 Å². The van der Waals surface area contributed by atoms with Crippen LogP contribution >= 0.6 is 0 Å². The molecule has 1 N–H and O–H groups in total. The molecular formula is C14H18F3N3O. The molecule has 21 heavy (non-hydrogen) atoms. The molecule has 3 rings (SSSR count). The van der Waals surface area contributed by atoms with Crippen molar-refractivity contribution in [3.8, 4) is 0 Å². The molecule has 2 atom stereocenters. The van der Waals surface area contributed by atoms with Gasteiger partial charge in [-0.1, -0.05) is 6.92 Å². The highest BCUT2D eigenvalue weighted by molar-refractivity contribution is 5.53. The van der Waals surface area contributed by atoms with E-state index < -0.39 is 17.8 Å². The molecule has 116 valence electrons. The summed E-state index contributed by atoms with van der Waals surface area (Å²) in [5, 5.41) is 10.2. The number of aliphatic hydroxyl groups excluding tert-OH is 1. The highest BCUT2D eigenvalue weighted by Crippen LogP contribution is 2.40. The molecule has 7 heteroatoms. The molecule has 1 saturated heterocycles. The molecule has 0 saturated carbocycles. The smallest absolute Gasteiger partial charge is 0.388 e. The Kier molecular flexibility index (Phi) is 3.57. The van der Waals surface area contributed by atoms with Gasteiger partial charge < -0.3 is 10.0 Å². The molecule has 3 heterocycles. The summed E-state index contributed by atoms with van der Waals surface area (Å²) in [6.45, 7) is 5.43. The fourth-order valence-corrected chi connectivity index (χ4v) is 3.19. The van der Waals surface area contributed by atoms with Gasteiger partial charge in [0.2, 0.25) is 0 Å². The Bertz CT molecular complexity index is 535. The van der Waals surface area contributed by atoms with Crippen LogP contribution in [-0.4, -0.2) is 47.2 Å². The first-order chi connectivity index (χ1) is 9.90. The van der Waals surface area contributed by atoms with E-state index in [4.69, 9.17) is 0 Å². The predicted molar refractivity (Wildman–Crippen MR) is 72.1 cm³/mol. The Labute approximate surface area is 121 Å². The molecule has 0 radical (unpaired) electrons. The third kappa shape index (κ3) is 2.60. The minimum absolute atomic E-state index is 0.116. The van der Waals surface area contributed by atoms with Gasteiger partial charge in [-0.15, -0.1) is 0 Å². The molecule has 1 aromatic heterocycles. The quantitative estimate of drug-likeness (QED) is 0.862. The lowest BCUT2D eigenvalue weighted by Crippen LogP contribution is -2.55. The first kappa shape index (κ1) is 14.6. The predicted octanol–water partition coefficient (Wildman–Crippen LogP) is 2.05. The number of anilines is 1. The summed E-state index contributed by atoms with van der Waals surface area (Å²) in [6, 6.07) is 1.15. The second-order valence-corrected chi connectivity index (χ2v) is 5.63. The maximum atomic E-state index is 12.8. The van der Waals surface area contributed by atoms with Gasteiger partial charge in [-0.05, 0) is 19.0 Å². The lowest BCUT2D eigenvalue weighted by atomic mass is 9.93. The summed E-state index contributed by atoms with van der Waals surface area (Å²) < 4.78 is 38.3. The number of halogens is 3. The van der Waals surface area contributed by atoms with E-state index in [1.165, 1.54) is 0 Å². The number of likely N-dealkylation sites (N-methyl/N-ethyl adjacent to an activating group) is 1. The van der Waals surface area contributed by atoms with Gasteiger partial charge in [0.05, 0.1) is 11.7 Å². The van der Waals surface area contributed by atoms with E-state index in [-0.39, 0.29) is 6.04 Å². The van der Waals surface area contributed by atoms with Crippen molar-refractivity contribution in [3.05, 3.63) is 23.4 Å². The van der Waals surface area contributed by atoms with Gasteiger partial charge in [0, 0.05) is 37.4 Å². The molecule has 0 amide bonds. The number of fused-ring (bicyclic) bond motifs is 3. The Hall–Kier alpha value is -1.34. The van der Waals surface area contributed by atoms with E-state index in [1.54, 1.807) is 0 Å². The minimum atomic E-state index is -4.43. The lowest BCUT2D eigenvalue weighted by molar-refractivity contribution is -0.137. The zero-order chi connectivity index (χ0) is 15.2. The SMILES string of the molecule is CCN1CCN2c3ncc(C(F)(F)F)cc3[C@H](O)C[C@H]2C1. The highest BCUT2D eigenvalue weighted by atomic mass is 19.4. The van der Waals surface area contributed by atoms with Crippen LogP contribution in [0.4, 0.5) is 19.0 Å². The minimum Gasteiger partial charge on any atom is -0.388 e. The fourth-order valence-electron chi connectivity index (χ4n) is 3.19. The Morgan fingerprint density at radius 1 is 1.38 bits per heavy atom. The van der Waals surface area contributed by atoms with E-state index in [2.05, 4.69) is 16.8 Å². The summed E-state index contributed by atoms with van der Waals surface area (Å²) in [4.78, 5) is 8.32. The molecule has 1 aromatic rings. The molecule has 2 aliphatic heterocycles. The molecular weight excluding hydrogens is 283 g/mol. The number of hydrogen-bond acceptors (Lipinski definition) is 4. The maximum absolute atomic E-state index is 12.8. The van der Waals surface area contributed by atoms with Crippen molar-refractivity contribution in [2.45, 2.75) is 31.7 Å². The van der Waals surface area contributed by atoms with Crippen LogP contribution < -0.4 is 4.90 Å². The van der Waals surface area contributed by atoms with Crippen molar-refractivity contribution >= 4 is 5.82 Å². The number of rotatable bonds is 1. The van der Waals surface area contributed by atoms with E-state index in [0.717, 1.165) is 38.4 Å². The number of aromatic nitrogens is 1. The number of pyridine rings is 1. The Morgan fingerprint density at radius 3 is 2.81 bits per heavy atom. The first-order valence-electron chi connectivity index (χ1n) is 7.14. The van der Waals surface area contributed by atoms with Crippen molar-refractivity contribution < 1.29 is 18.3 Å². The monoisotopic (exact) mass is 301 g/mol. The Morgan fingerprint density at radius 2 is 2.14 bits per heavy atom. The molecule has 4 nitrogen and oxygen atoms in total. The number of aliphatic hydroxyl groups is 1. The maximum Gasteiger partial charge on any atom is 0.417 e.